The lowest BCUT2D eigenvalue weighted by atomic mass is 10.1. The monoisotopic (exact) mass is 414 g/mol. The molecule has 0 aliphatic heterocycles. The van der Waals surface area contributed by atoms with Crippen LogP contribution in [-0.2, 0) is 9.53 Å². The number of carbonyl (C=O) groups excluding carboxylic acids is 2. The predicted molar refractivity (Wildman–Crippen MR) is 119 cm³/mol. The molecule has 1 atom stereocenters. The van der Waals surface area contributed by atoms with Crippen molar-refractivity contribution in [1.82, 2.24) is 4.98 Å². The Morgan fingerprint density at radius 2 is 1.71 bits per heavy atom. The molecule has 0 saturated carbocycles. The fourth-order valence-electron chi connectivity index (χ4n) is 3.43. The summed E-state index contributed by atoms with van der Waals surface area (Å²) in [7, 11) is 1.53. The third kappa shape index (κ3) is 4.28. The first-order valence-corrected chi connectivity index (χ1v) is 9.84. The second kappa shape index (κ2) is 8.75. The summed E-state index contributed by atoms with van der Waals surface area (Å²) in [5, 5.41) is 3.58. The number of esters is 1. The van der Waals surface area contributed by atoms with E-state index in [4.69, 9.17) is 9.47 Å². The summed E-state index contributed by atoms with van der Waals surface area (Å²) in [6, 6.07) is 21.8. The number of aryl methyl sites for hydroxylation is 1. The molecule has 0 fully saturated rings. The predicted octanol–water partition coefficient (Wildman–Crippen LogP) is 5.02. The zero-order valence-corrected chi connectivity index (χ0v) is 17.2. The molecule has 6 nitrogen and oxygen atoms in total. The van der Waals surface area contributed by atoms with Crippen LogP contribution in [0.3, 0.4) is 0 Å². The van der Waals surface area contributed by atoms with E-state index < -0.39 is 18.0 Å². The lowest BCUT2D eigenvalue weighted by Gasteiger charge is -2.19. The quantitative estimate of drug-likeness (QED) is 0.434. The summed E-state index contributed by atoms with van der Waals surface area (Å²) >= 11 is 0. The number of nitrogens with one attached hydrogen (secondary N) is 2. The fraction of sp³-hybridized carbons (Fsp3) is 0.120. The standard InChI is InChI=1S/C25H22N2O4/c1-16-12-13-22(30-2)21(14-16)27-24(28)23(17-8-4-3-5-9-17)31-25(29)19-15-26-20-11-7-6-10-18(19)20/h3-15,23,26H,1-2H3,(H,27,28)/t23-/m0/s1. The van der Waals surface area contributed by atoms with Crippen LogP contribution < -0.4 is 10.1 Å². The van der Waals surface area contributed by atoms with Gasteiger partial charge in [-0.1, -0.05) is 54.6 Å². The molecule has 1 aromatic heterocycles. The van der Waals surface area contributed by atoms with Gasteiger partial charge in [-0.2, -0.15) is 0 Å². The van der Waals surface area contributed by atoms with E-state index in [-0.39, 0.29) is 0 Å². The minimum Gasteiger partial charge on any atom is -0.495 e. The summed E-state index contributed by atoms with van der Waals surface area (Å²) < 4.78 is 11.1. The molecule has 0 saturated heterocycles. The summed E-state index contributed by atoms with van der Waals surface area (Å²) in [4.78, 5) is 29.3. The number of para-hydroxylation sites is 1. The third-order valence-corrected chi connectivity index (χ3v) is 4.99. The smallest absolute Gasteiger partial charge is 0.341 e. The summed E-state index contributed by atoms with van der Waals surface area (Å²) in [6.07, 6.45) is 0.462. The van der Waals surface area contributed by atoms with Gasteiger partial charge in [-0.3, -0.25) is 4.79 Å². The summed E-state index contributed by atoms with van der Waals surface area (Å²) in [5.41, 5.74) is 3.23. The topological polar surface area (TPSA) is 80.4 Å². The van der Waals surface area contributed by atoms with E-state index >= 15 is 0 Å². The van der Waals surface area contributed by atoms with Crippen molar-refractivity contribution < 1.29 is 19.1 Å². The molecular formula is C25H22N2O4. The van der Waals surface area contributed by atoms with Gasteiger partial charge in [-0.15, -0.1) is 0 Å². The average Bonchev–Trinajstić information content (AvgIpc) is 3.22. The highest BCUT2D eigenvalue weighted by Gasteiger charge is 2.27. The van der Waals surface area contributed by atoms with Crippen LogP contribution in [0.4, 0.5) is 5.69 Å². The van der Waals surface area contributed by atoms with Gasteiger partial charge in [0, 0.05) is 22.7 Å². The minimum atomic E-state index is -1.13. The van der Waals surface area contributed by atoms with E-state index in [2.05, 4.69) is 10.3 Å². The van der Waals surface area contributed by atoms with Gasteiger partial charge in [0.05, 0.1) is 18.4 Å². The van der Waals surface area contributed by atoms with Crippen molar-refractivity contribution in [1.29, 1.82) is 0 Å². The van der Waals surface area contributed by atoms with E-state index in [1.807, 2.05) is 43.3 Å². The molecule has 2 N–H and O–H groups in total. The number of aromatic amines is 1. The Kier molecular flexibility index (Phi) is 5.71. The number of aromatic nitrogens is 1. The zero-order chi connectivity index (χ0) is 21.8. The second-order valence-electron chi connectivity index (χ2n) is 7.14. The van der Waals surface area contributed by atoms with Gasteiger partial charge in [0.25, 0.3) is 5.91 Å². The van der Waals surface area contributed by atoms with Gasteiger partial charge in [0.2, 0.25) is 6.10 Å². The van der Waals surface area contributed by atoms with Crippen LogP contribution in [0, 0.1) is 6.92 Å². The molecule has 6 heteroatoms. The molecule has 31 heavy (non-hydrogen) atoms. The lowest BCUT2D eigenvalue weighted by Crippen LogP contribution is -2.26. The molecule has 1 amide bonds. The number of H-pyrrole nitrogens is 1. The van der Waals surface area contributed by atoms with Crippen LogP contribution in [0.5, 0.6) is 5.75 Å². The zero-order valence-electron chi connectivity index (χ0n) is 17.2. The van der Waals surface area contributed by atoms with Crippen LogP contribution >= 0.6 is 0 Å². The molecule has 0 radical (unpaired) electrons. The number of carbonyl (C=O) groups is 2. The Hall–Kier alpha value is -4.06. The molecule has 0 aliphatic rings. The van der Waals surface area contributed by atoms with E-state index in [0.29, 0.717) is 22.6 Å². The van der Waals surface area contributed by atoms with Gasteiger partial charge in [-0.25, -0.2) is 4.79 Å². The van der Waals surface area contributed by atoms with Gasteiger partial charge < -0.3 is 19.8 Å². The van der Waals surface area contributed by atoms with Gasteiger partial charge in [0.15, 0.2) is 0 Å². The van der Waals surface area contributed by atoms with Crippen molar-refractivity contribution in [3.63, 3.8) is 0 Å². The van der Waals surface area contributed by atoms with Gasteiger partial charge >= 0.3 is 5.97 Å². The van der Waals surface area contributed by atoms with Crippen molar-refractivity contribution in [3.05, 3.63) is 95.7 Å². The maximum Gasteiger partial charge on any atom is 0.341 e. The van der Waals surface area contributed by atoms with Crippen molar-refractivity contribution >= 4 is 28.5 Å². The molecule has 4 aromatic rings. The maximum absolute atomic E-state index is 13.2. The highest BCUT2D eigenvalue weighted by atomic mass is 16.5. The van der Waals surface area contributed by atoms with Crippen LogP contribution in [0.2, 0.25) is 0 Å². The summed E-state index contributed by atoms with van der Waals surface area (Å²) in [6.45, 7) is 1.92. The van der Waals surface area contributed by atoms with Crippen molar-refractivity contribution in [2.45, 2.75) is 13.0 Å². The molecule has 0 bridgehead atoms. The normalized spacial score (nSPS) is 11.7. The lowest BCUT2D eigenvalue weighted by molar-refractivity contribution is -0.125. The van der Waals surface area contributed by atoms with Crippen LogP contribution in [0.1, 0.15) is 27.6 Å². The van der Waals surface area contributed by atoms with E-state index in [1.165, 1.54) is 7.11 Å². The second-order valence-corrected chi connectivity index (χ2v) is 7.14. The molecule has 0 spiro atoms. The summed E-state index contributed by atoms with van der Waals surface area (Å²) in [5.74, 6) is -0.533. The van der Waals surface area contributed by atoms with Gasteiger partial charge in [0.1, 0.15) is 5.75 Å². The number of hydrogen-bond donors (Lipinski definition) is 2. The van der Waals surface area contributed by atoms with Crippen molar-refractivity contribution in [3.8, 4) is 5.75 Å². The number of ether oxygens (including phenoxy) is 2. The van der Waals surface area contributed by atoms with Crippen LogP contribution in [-0.4, -0.2) is 24.0 Å². The molecule has 0 aliphatic carbocycles. The van der Waals surface area contributed by atoms with Crippen LogP contribution in [0.15, 0.2) is 79.0 Å². The fourth-order valence-corrected chi connectivity index (χ4v) is 3.43. The first-order chi connectivity index (χ1) is 15.1. The largest absolute Gasteiger partial charge is 0.495 e. The van der Waals surface area contributed by atoms with Crippen LogP contribution in [0.25, 0.3) is 10.9 Å². The molecule has 156 valence electrons. The average molecular weight is 414 g/mol. The minimum absolute atomic E-state index is 0.373. The van der Waals surface area contributed by atoms with E-state index in [9.17, 15) is 9.59 Å². The number of anilines is 1. The highest BCUT2D eigenvalue weighted by Crippen LogP contribution is 2.29. The number of fused-ring (bicyclic) bond motifs is 1. The van der Waals surface area contributed by atoms with E-state index in [1.54, 1.807) is 42.6 Å². The van der Waals surface area contributed by atoms with Crippen molar-refractivity contribution in [2.75, 3.05) is 12.4 Å². The Morgan fingerprint density at radius 1 is 0.968 bits per heavy atom. The number of methoxy groups -OCH3 is 1. The SMILES string of the molecule is COc1ccc(C)cc1NC(=O)[C@@H](OC(=O)c1c[nH]c2ccccc12)c1ccccc1. The third-order valence-electron chi connectivity index (χ3n) is 4.99. The Labute approximate surface area is 179 Å². The molecule has 3 aromatic carbocycles. The Balaban J connectivity index is 1.64. The molecule has 4 rings (SSSR count). The number of hydrogen-bond acceptors (Lipinski definition) is 4. The number of rotatable bonds is 6. The molecule has 1 heterocycles. The molecule has 0 unspecified atom stereocenters. The Bertz CT molecular complexity index is 1230. The Morgan fingerprint density at radius 3 is 2.48 bits per heavy atom. The van der Waals surface area contributed by atoms with Gasteiger partial charge in [-0.05, 0) is 30.7 Å². The maximum atomic E-state index is 13.2. The van der Waals surface area contributed by atoms with Crippen molar-refractivity contribution in [2.24, 2.45) is 0 Å². The number of benzene rings is 3. The first kappa shape index (κ1) is 20.2. The van der Waals surface area contributed by atoms with E-state index in [0.717, 1.165) is 16.5 Å². The first-order valence-electron chi connectivity index (χ1n) is 9.84. The highest BCUT2D eigenvalue weighted by molar-refractivity contribution is 6.05. The number of amides is 1. The molecular weight excluding hydrogens is 392 g/mol.